The fourth-order valence-electron chi connectivity index (χ4n) is 1.47. The number of nitrogens with one attached hydrogen (secondary N) is 1. The van der Waals surface area contributed by atoms with Crippen LogP contribution >= 0.6 is 11.8 Å². The molecular formula is C11H21NO2S. The monoisotopic (exact) mass is 231 g/mol. The molecule has 0 spiro atoms. The summed E-state index contributed by atoms with van der Waals surface area (Å²) in [6.45, 7) is 6.40. The Bertz CT molecular complexity index is 229. The molecule has 0 aromatic rings. The van der Waals surface area contributed by atoms with Crippen LogP contribution in [0.4, 0.5) is 0 Å². The van der Waals surface area contributed by atoms with Crippen LogP contribution in [0.1, 0.15) is 27.2 Å². The second-order valence-electron chi connectivity index (χ2n) is 5.12. The summed E-state index contributed by atoms with van der Waals surface area (Å²) >= 11 is 1.89. The Morgan fingerprint density at radius 2 is 2.20 bits per heavy atom. The van der Waals surface area contributed by atoms with Crippen molar-refractivity contribution in [1.29, 1.82) is 0 Å². The van der Waals surface area contributed by atoms with E-state index in [1.54, 1.807) is 7.11 Å². The second-order valence-corrected chi connectivity index (χ2v) is 6.23. The molecule has 1 aliphatic heterocycles. The fourth-order valence-corrected chi connectivity index (χ4v) is 2.86. The molecule has 1 amide bonds. The normalized spacial score (nSPS) is 26.7. The van der Waals surface area contributed by atoms with E-state index in [1.807, 2.05) is 32.5 Å². The van der Waals surface area contributed by atoms with E-state index in [0.29, 0.717) is 6.54 Å². The van der Waals surface area contributed by atoms with E-state index in [9.17, 15) is 4.79 Å². The molecule has 15 heavy (non-hydrogen) atoms. The van der Waals surface area contributed by atoms with Crippen molar-refractivity contribution in [3.63, 3.8) is 0 Å². The summed E-state index contributed by atoms with van der Waals surface area (Å²) in [5.41, 5.74) is -0.452. The lowest BCUT2D eigenvalue weighted by atomic mass is 9.95. The summed E-state index contributed by atoms with van der Waals surface area (Å²) in [4.78, 5) is 11.7. The Labute approximate surface area is 96.3 Å². The zero-order chi connectivity index (χ0) is 11.5. The summed E-state index contributed by atoms with van der Waals surface area (Å²) in [6.07, 6.45) is 1.03. The maximum atomic E-state index is 11.7. The third kappa shape index (κ3) is 3.38. The molecule has 1 fully saturated rings. The number of hydrogen-bond donors (Lipinski definition) is 1. The van der Waals surface area contributed by atoms with Crippen molar-refractivity contribution < 1.29 is 9.53 Å². The molecule has 0 bridgehead atoms. The van der Waals surface area contributed by atoms with Gasteiger partial charge in [-0.3, -0.25) is 4.79 Å². The first-order valence-electron chi connectivity index (χ1n) is 5.31. The van der Waals surface area contributed by atoms with Gasteiger partial charge in [-0.25, -0.2) is 0 Å². The topological polar surface area (TPSA) is 38.3 Å². The first kappa shape index (κ1) is 12.8. The zero-order valence-corrected chi connectivity index (χ0v) is 10.9. The quantitative estimate of drug-likeness (QED) is 0.803. The lowest BCUT2D eigenvalue weighted by Crippen LogP contribution is -2.47. The first-order valence-corrected chi connectivity index (χ1v) is 6.46. The number of methoxy groups -OCH3 is 1. The van der Waals surface area contributed by atoms with Crippen LogP contribution in [0.5, 0.6) is 0 Å². The number of ether oxygens (including phenoxy) is 1. The Morgan fingerprint density at radius 3 is 2.60 bits per heavy atom. The smallest absolute Gasteiger partial charge is 0.225 e. The number of amides is 1. The van der Waals surface area contributed by atoms with E-state index in [0.717, 1.165) is 17.9 Å². The minimum Gasteiger partial charge on any atom is -0.376 e. The summed E-state index contributed by atoms with van der Waals surface area (Å²) < 4.78 is 5.53. The number of carbonyl (C=O) groups excluding carboxylic acids is 1. The molecule has 0 saturated carbocycles. The highest BCUT2D eigenvalue weighted by molar-refractivity contribution is 7.99. The van der Waals surface area contributed by atoms with Crippen LogP contribution in [-0.4, -0.2) is 36.7 Å². The highest BCUT2D eigenvalue weighted by Gasteiger charge is 2.35. The van der Waals surface area contributed by atoms with Crippen molar-refractivity contribution in [2.24, 2.45) is 5.41 Å². The van der Waals surface area contributed by atoms with Crippen molar-refractivity contribution in [2.75, 3.05) is 25.2 Å². The summed E-state index contributed by atoms with van der Waals surface area (Å²) in [7, 11) is 1.73. The summed E-state index contributed by atoms with van der Waals surface area (Å²) in [5, 5.41) is 2.98. The van der Waals surface area contributed by atoms with Crippen LogP contribution in [0, 0.1) is 5.41 Å². The molecule has 88 valence electrons. The van der Waals surface area contributed by atoms with E-state index in [1.165, 1.54) is 0 Å². The zero-order valence-electron chi connectivity index (χ0n) is 10.1. The second kappa shape index (κ2) is 4.74. The van der Waals surface area contributed by atoms with E-state index in [2.05, 4.69) is 5.32 Å². The maximum absolute atomic E-state index is 11.7. The van der Waals surface area contributed by atoms with Gasteiger partial charge in [-0.15, -0.1) is 0 Å². The molecule has 0 aromatic heterocycles. The molecule has 1 heterocycles. The molecule has 0 aliphatic carbocycles. The average molecular weight is 231 g/mol. The Morgan fingerprint density at radius 1 is 1.53 bits per heavy atom. The van der Waals surface area contributed by atoms with Crippen LogP contribution in [-0.2, 0) is 9.53 Å². The van der Waals surface area contributed by atoms with Crippen molar-refractivity contribution in [2.45, 2.75) is 32.8 Å². The molecular weight excluding hydrogens is 210 g/mol. The largest absolute Gasteiger partial charge is 0.376 e. The average Bonchev–Trinajstić information content (AvgIpc) is 2.62. The molecule has 1 saturated heterocycles. The Hall–Kier alpha value is -0.220. The Kier molecular flexibility index (Phi) is 4.06. The van der Waals surface area contributed by atoms with Gasteiger partial charge in [0.05, 0.1) is 5.60 Å². The van der Waals surface area contributed by atoms with Gasteiger partial charge < -0.3 is 10.1 Å². The van der Waals surface area contributed by atoms with E-state index >= 15 is 0 Å². The number of rotatable bonds is 3. The minimum absolute atomic E-state index is 0.0934. The predicted molar refractivity (Wildman–Crippen MR) is 64.1 cm³/mol. The van der Waals surface area contributed by atoms with Crippen molar-refractivity contribution in [3.8, 4) is 0 Å². The molecule has 4 heteroatoms. The van der Waals surface area contributed by atoms with Crippen LogP contribution in [0.3, 0.4) is 0 Å². The van der Waals surface area contributed by atoms with Gasteiger partial charge in [-0.05, 0) is 12.2 Å². The van der Waals surface area contributed by atoms with Crippen LogP contribution < -0.4 is 5.32 Å². The van der Waals surface area contributed by atoms with Gasteiger partial charge in [0.2, 0.25) is 5.91 Å². The molecule has 1 atom stereocenters. The van der Waals surface area contributed by atoms with Crippen molar-refractivity contribution in [3.05, 3.63) is 0 Å². The van der Waals surface area contributed by atoms with Gasteiger partial charge in [-0.2, -0.15) is 11.8 Å². The Balaban J connectivity index is 2.45. The van der Waals surface area contributed by atoms with Gasteiger partial charge >= 0.3 is 0 Å². The third-order valence-corrected chi connectivity index (χ3v) is 3.98. The predicted octanol–water partition coefficient (Wildman–Crippen LogP) is 1.67. The molecule has 1 rings (SSSR count). The lowest BCUT2D eigenvalue weighted by Gasteiger charge is -2.28. The SMILES string of the molecule is COC1(CNC(=O)C(C)(C)C)CCSC1. The van der Waals surface area contributed by atoms with Crippen molar-refractivity contribution in [1.82, 2.24) is 5.32 Å². The standard InChI is InChI=1S/C11H21NO2S/c1-10(2,3)9(13)12-7-11(14-4)5-6-15-8-11/h5-8H2,1-4H3,(H,12,13). The third-order valence-electron chi connectivity index (χ3n) is 2.75. The number of carbonyl (C=O) groups is 1. The highest BCUT2D eigenvalue weighted by Crippen LogP contribution is 2.30. The van der Waals surface area contributed by atoms with Gasteiger partial charge in [0, 0.05) is 24.8 Å². The van der Waals surface area contributed by atoms with Gasteiger partial charge in [0.15, 0.2) is 0 Å². The van der Waals surface area contributed by atoms with Gasteiger partial charge in [-0.1, -0.05) is 20.8 Å². The maximum Gasteiger partial charge on any atom is 0.225 e. The van der Waals surface area contributed by atoms with Gasteiger partial charge in [0.1, 0.15) is 0 Å². The number of hydrogen-bond acceptors (Lipinski definition) is 3. The fraction of sp³-hybridized carbons (Fsp3) is 0.909. The summed E-state index contributed by atoms with van der Waals surface area (Å²) in [6, 6.07) is 0. The molecule has 1 N–H and O–H groups in total. The molecule has 1 unspecified atom stereocenters. The molecule has 3 nitrogen and oxygen atoms in total. The van der Waals surface area contributed by atoms with Crippen LogP contribution in [0.15, 0.2) is 0 Å². The summed E-state index contributed by atoms with van der Waals surface area (Å²) in [5.74, 6) is 2.20. The van der Waals surface area contributed by atoms with E-state index < -0.39 is 0 Å². The highest BCUT2D eigenvalue weighted by atomic mass is 32.2. The van der Waals surface area contributed by atoms with E-state index in [-0.39, 0.29) is 16.9 Å². The minimum atomic E-state index is -0.319. The van der Waals surface area contributed by atoms with Crippen LogP contribution in [0.2, 0.25) is 0 Å². The molecule has 0 aromatic carbocycles. The van der Waals surface area contributed by atoms with Gasteiger partial charge in [0.25, 0.3) is 0 Å². The number of thioether (sulfide) groups is 1. The van der Waals surface area contributed by atoms with E-state index in [4.69, 9.17) is 4.74 Å². The van der Waals surface area contributed by atoms with Crippen LogP contribution in [0.25, 0.3) is 0 Å². The molecule has 0 radical (unpaired) electrons. The lowest BCUT2D eigenvalue weighted by molar-refractivity contribution is -0.129. The first-order chi connectivity index (χ1) is 6.90. The van der Waals surface area contributed by atoms with Crippen molar-refractivity contribution >= 4 is 17.7 Å². The molecule has 1 aliphatic rings.